The molecule has 3 rings (SSSR count). The average Bonchev–Trinajstić information content (AvgIpc) is 3.11. The number of esters is 1. The largest absolute Gasteiger partial charge is 0.466 e. The third kappa shape index (κ3) is 2.84. The van der Waals surface area contributed by atoms with Gasteiger partial charge in [-0.15, -0.1) is 0 Å². The van der Waals surface area contributed by atoms with Crippen molar-refractivity contribution in [3.63, 3.8) is 0 Å². The van der Waals surface area contributed by atoms with Crippen molar-refractivity contribution in [2.75, 3.05) is 13.2 Å². The normalized spacial score (nSPS) is 26.8. The summed E-state index contributed by atoms with van der Waals surface area (Å²) < 4.78 is 11.8. The van der Waals surface area contributed by atoms with E-state index in [2.05, 4.69) is 15.0 Å². The minimum absolute atomic E-state index is 0.0557. The topological polar surface area (TPSA) is 140 Å². The number of hydrogen-bond donors (Lipinski definition) is 3. The number of aromatic nitrogens is 4. The Balaban J connectivity index is 1.93. The molecule has 3 N–H and O–H groups in total. The molecule has 2 aromatic rings. The number of aliphatic hydroxyl groups is 3. The lowest BCUT2D eigenvalue weighted by molar-refractivity contribution is -0.142. The maximum absolute atomic E-state index is 11.7. The maximum Gasteiger partial charge on any atom is 0.311 e. The summed E-state index contributed by atoms with van der Waals surface area (Å²) >= 11 is 0. The molecule has 1 fully saturated rings. The van der Waals surface area contributed by atoms with Crippen LogP contribution in [0, 0.1) is 0 Å². The standard InChI is InChI=1S/C14H18N4O6/c1-2-23-9(20)3-7-10-13(16-5-15-7)18(6-17-10)14-12(22)11(21)8(4-19)24-14/h5-6,8,11-12,14,19,21-22H,2-4H2,1H3/t8-,11-,12-,14-/m1/s1. The molecule has 0 unspecified atom stereocenters. The highest BCUT2D eigenvalue weighted by Crippen LogP contribution is 2.31. The molecule has 0 spiro atoms. The lowest BCUT2D eigenvalue weighted by atomic mass is 10.1. The van der Waals surface area contributed by atoms with E-state index in [1.807, 2.05) is 0 Å². The number of rotatable bonds is 5. The Morgan fingerprint density at radius 3 is 2.79 bits per heavy atom. The number of aliphatic hydroxyl groups excluding tert-OH is 3. The molecule has 1 saturated heterocycles. The maximum atomic E-state index is 11.7. The van der Waals surface area contributed by atoms with Gasteiger partial charge in [-0.3, -0.25) is 9.36 Å². The molecule has 1 aliphatic heterocycles. The zero-order valence-electron chi connectivity index (χ0n) is 12.9. The van der Waals surface area contributed by atoms with Crippen molar-refractivity contribution < 1.29 is 29.6 Å². The highest BCUT2D eigenvalue weighted by molar-refractivity contribution is 5.80. The van der Waals surface area contributed by atoms with Gasteiger partial charge >= 0.3 is 5.97 Å². The van der Waals surface area contributed by atoms with Crippen LogP contribution in [-0.2, 0) is 20.7 Å². The van der Waals surface area contributed by atoms with Gasteiger partial charge in [-0.05, 0) is 6.92 Å². The Morgan fingerprint density at radius 1 is 1.33 bits per heavy atom. The van der Waals surface area contributed by atoms with Crippen LogP contribution >= 0.6 is 0 Å². The van der Waals surface area contributed by atoms with Crippen molar-refractivity contribution >= 4 is 17.1 Å². The van der Waals surface area contributed by atoms with Crippen molar-refractivity contribution in [3.8, 4) is 0 Å². The second kappa shape index (κ2) is 6.77. The summed E-state index contributed by atoms with van der Waals surface area (Å²) in [6.45, 7) is 1.55. The SMILES string of the molecule is CCOC(=O)Cc1ncnc2c1ncn2[C@@H]1O[C@H](CO)[C@@H](O)[C@H]1O. The van der Waals surface area contributed by atoms with E-state index < -0.39 is 37.1 Å². The van der Waals surface area contributed by atoms with Crippen LogP contribution in [0.3, 0.4) is 0 Å². The lowest BCUT2D eigenvalue weighted by Gasteiger charge is -2.16. The molecule has 0 aromatic carbocycles. The van der Waals surface area contributed by atoms with Crippen molar-refractivity contribution in [2.24, 2.45) is 0 Å². The molecule has 130 valence electrons. The Kier molecular flexibility index (Phi) is 4.71. The zero-order chi connectivity index (χ0) is 17.3. The van der Waals surface area contributed by atoms with Gasteiger partial charge in [-0.1, -0.05) is 0 Å². The van der Waals surface area contributed by atoms with E-state index in [1.165, 1.54) is 17.2 Å². The van der Waals surface area contributed by atoms with Gasteiger partial charge in [0.05, 0.1) is 31.7 Å². The van der Waals surface area contributed by atoms with Gasteiger partial charge in [-0.2, -0.15) is 0 Å². The molecule has 2 aromatic heterocycles. The Bertz CT molecular complexity index is 735. The fourth-order valence-electron chi connectivity index (χ4n) is 2.67. The highest BCUT2D eigenvalue weighted by Gasteiger charge is 2.44. The van der Waals surface area contributed by atoms with Crippen LogP contribution in [-0.4, -0.2) is 72.3 Å². The average molecular weight is 338 g/mol. The van der Waals surface area contributed by atoms with Gasteiger partial charge in [-0.25, -0.2) is 15.0 Å². The summed E-state index contributed by atoms with van der Waals surface area (Å²) in [7, 11) is 0. The summed E-state index contributed by atoms with van der Waals surface area (Å²) in [6.07, 6.45) is -1.72. The van der Waals surface area contributed by atoms with Crippen molar-refractivity contribution in [1.29, 1.82) is 0 Å². The minimum atomic E-state index is -1.25. The third-order valence-corrected chi connectivity index (χ3v) is 3.84. The monoisotopic (exact) mass is 338 g/mol. The summed E-state index contributed by atoms with van der Waals surface area (Å²) in [4.78, 5) is 24.0. The van der Waals surface area contributed by atoms with Crippen molar-refractivity contribution in [3.05, 3.63) is 18.3 Å². The first-order valence-corrected chi connectivity index (χ1v) is 7.51. The number of ether oxygens (including phenoxy) is 2. The van der Waals surface area contributed by atoms with E-state index in [4.69, 9.17) is 9.47 Å². The molecule has 10 nitrogen and oxygen atoms in total. The predicted molar refractivity (Wildman–Crippen MR) is 78.7 cm³/mol. The molecule has 0 bridgehead atoms. The van der Waals surface area contributed by atoms with E-state index in [-0.39, 0.29) is 13.0 Å². The predicted octanol–water partition coefficient (Wildman–Crippen LogP) is -1.46. The number of carbonyl (C=O) groups is 1. The van der Waals surface area contributed by atoms with Crippen LogP contribution < -0.4 is 0 Å². The Labute approximate surface area is 136 Å². The number of imidazole rings is 1. The summed E-state index contributed by atoms with van der Waals surface area (Å²) in [6, 6.07) is 0. The van der Waals surface area contributed by atoms with Crippen LogP contribution in [0.15, 0.2) is 12.7 Å². The van der Waals surface area contributed by atoms with Crippen LogP contribution in [0.5, 0.6) is 0 Å². The van der Waals surface area contributed by atoms with Gasteiger partial charge in [0.25, 0.3) is 0 Å². The van der Waals surface area contributed by atoms with E-state index in [0.29, 0.717) is 16.9 Å². The summed E-state index contributed by atoms with van der Waals surface area (Å²) in [5.74, 6) is -0.431. The van der Waals surface area contributed by atoms with E-state index in [1.54, 1.807) is 6.92 Å². The van der Waals surface area contributed by atoms with E-state index in [9.17, 15) is 20.1 Å². The molecule has 10 heteroatoms. The number of fused-ring (bicyclic) bond motifs is 1. The first-order valence-electron chi connectivity index (χ1n) is 7.51. The summed E-state index contributed by atoms with van der Waals surface area (Å²) in [5.41, 5.74) is 1.12. The van der Waals surface area contributed by atoms with Gasteiger partial charge in [0.15, 0.2) is 11.9 Å². The minimum Gasteiger partial charge on any atom is -0.466 e. The molecule has 4 atom stereocenters. The van der Waals surface area contributed by atoms with Gasteiger partial charge in [0.1, 0.15) is 30.2 Å². The van der Waals surface area contributed by atoms with Crippen LogP contribution in [0.25, 0.3) is 11.2 Å². The number of nitrogens with zero attached hydrogens (tertiary/aromatic N) is 4. The molecule has 24 heavy (non-hydrogen) atoms. The van der Waals surface area contributed by atoms with Crippen LogP contribution in [0.2, 0.25) is 0 Å². The van der Waals surface area contributed by atoms with Crippen LogP contribution in [0.1, 0.15) is 18.8 Å². The first-order chi connectivity index (χ1) is 11.6. The quantitative estimate of drug-likeness (QED) is 0.558. The smallest absolute Gasteiger partial charge is 0.311 e. The molecular weight excluding hydrogens is 320 g/mol. The van der Waals surface area contributed by atoms with E-state index in [0.717, 1.165) is 0 Å². The number of hydrogen-bond acceptors (Lipinski definition) is 9. The Hall–Kier alpha value is -2.14. The fourth-order valence-corrected chi connectivity index (χ4v) is 2.67. The second-order valence-electron chi connectivity index (χ2n) is 5.36. The molecule has 0 amide bonds. The van der Waals surface area contributed by atoms with E-state index >= 15 is 0 Å². The molecular formula is C14H18N4O6. The first kappa shape index (κ1) is 16.7. The van der Waals surface area contributed by atoms with Crippen molar-refractivity contribution in [1.82, 2.24) is 19.5 Å². The van der Waals surface area contributed by atoms with Gasteiger partial charge in [0, 0.05) is 0 Å². The van der Waals surface area contributed by atoms with Crippen molar-refractivity contribution in [2.45, 2.75) is 37.9 Å². The van der Waals surface area contributed by atoms with Crippen LogP contribution in [0.4, 0.5) is 0 Å². The lowest BCUT2D eigenvalue weighted by Crippen LogP contribution is -2.33. The second-order valence-corrected chi connectivity index (χ2v) is 5.36. The number of carbonyl (C=O) groups excluding carboxylic acids is 1. The summed E-state index contributed by atoms with van der Waals surface area (Å²) in [5, 5.41) is 29.2. The van der Waals surface area contributed by atoms with Gasteiger partial charge < -0.3 is 24.8 Å². The zero-order valence-corrected chi connectivity index (χ0v) is 12.9. The molecule has 0 aliphatic carbocycles. The molecule has 0 saturated carbocycles. The molecule has 3 heterocycles. The molecule has 1 aliphatic rings. The van der Waals surface area contributed by atoms with Gasteiger partial charge in [0.2, 0.25) is 0 Å². The third-order valence-electron chi connectivity index (χ3n) is 3.84. The fraction of sp³-hybridized carbons (Fsp3) is 0.571. The Morgan fingerprint density at radius 2 is 2.12 bits per heavy atom. The highest BCUT2D eigenvalue weighted by atomic mass is 16.6. The molecule has 0 radical (unpaired) electrons.